The Hall–Kier alpha value is -2.00. The lowest BCUT2D eigenvalue weighted by molar-refractivity contribution is -0.118. The van der Waals surface area contributed by atoms with Crippen molar-refractivity contribution < 1.29 is 9.21 Å². The van der Waals surface area contributed by atoms with E-state index in [2.05, 4.69) is 25.8 Å². The lowest BCUT2D eigenvalue weighted by atomic mass is 10.2. The van der Waals surface area contributed by atoms with Crippen molar-refractivity contribution in [3.63, 3.8) is 0 Å². The van der Waals surface area contributed by atoms with Gasteiger partial charge in [-0.1, -0.05) is 46.6 Å². The quantitative estimate of drug-likeness (QED) is 0.381. The summed E-state index contributed by atoms with van der Waals surface area (Å²) < 4.78 is 5.54. The summed E-state index contributed by atoms with van der Waals surface area (Å²) in [7, 11) is 0. The van der Waals surface area contributed by atoms with E-state index in [0.717, 1.165) is 17.3 Å². The monoisotopic (exact) mass is 457 g/mol. The van der Waals surface area contributed by atoms with Crippen molar-refractivity contribution in [2.24, 2.45) is 0 Å². The van der Waals surface area contributed by atoms with Gasteiger partial charge in [0.1, 0.15) is 5.82 Å². The number of aromatic nitrogens is 3. The number of nitrogens with one attached hydrogen (secondary N) is 2. The van der Waals surface area contributed by atoms with Gasteiger partial charge in [-0.25, -0.2) is 4.98 Å². The van der Waals surface area contributed by atoms with Crippen LogP contribution in [0.2, 0.25) is 15.1 Å². The predicted octanol–water partition coefficient (Wildman–Crippen LogP) is 4.41. The molecule has 0 bridgehead atoms. The molecule has 146 valence electrons. The molecule has 28 heavy (non-hydrogen) atoms. The number of nitrogens with zero attached hydrogens (tertiary/aromatic N) is 3. The predicted molar refractivity (Wildman–Crippen MR) is 111 cm³/mol. The zero-order valence-corrected chi connectivity index (χ0v) is 17.4. The first-order valence-corrected chi connectivity index (χ1v) is 10.2. The van der Waals surface area contributed by atoms with Crippen LogP contribution >= 0.6 is 46.6 Å². The molecular formula is C17H14Cl3N5O2S. The minimum absolute atomic E-state index is 0.155. The van der Waals surface area contributed by atoms with Crippen LogP contribution in [0.1, 0.15) is 0 Å². The van der Waals surface area contributed by atoms with Gasteiger partial charge in [-0.3, -0.25) is 4.79 Å². The molecule has 0 spiro atoms. The topological polar surface area (TPSA) is 92.9 Å². The fourth-order valence-electron chi connectivity index (χ4n) is 2.08. The third-order valence-electron chi connectivity index (χ3n) is 3.37. The fourth-order valence-corrected chi connectivity index (χ4v) is 3.25. The maximum Gasteiger partial charge on any atom is 0.277 e. The highest BCUT2D eigenvalue weighted by atomic mass is 35.5. The molecule has 0 unspecified atom stereocenters. The van der Waals surface area contributed by atoms with Gasteiger partial charge in [0.05, 0.1) is 15.8 Å². The minimum Gasteiger partial charge on any atom is -0.411 e. The van der Waals surface area contributed by atoms with Crippen LogP contribution in [0.4, 0.5) is 5.82 Å². The average molecular weight is 459 g/mol. The lowest BCUT2D eigenvalue weighted by Gasteiger charge is -2.08. The highest BCUT2D eigenvalue weighted by molar-refractivity contribution is 7.99. The zero-order valence-electron chi connectivity index (χ0n) is 14.3. The van der Waals surface area contributed by atoms with Crippen molar-refractivity contribution in [3.05, 3.63) is 51.6 Å². The SMILES string of the molecule is O=C(CSc1nnc(-c2ccc(Cl)cc2)o1)NCCNc1ncc(Cl)cc1Cl. The Kier molecular flexibility index (Phi) is 7.38. The van der Waals surface area contributed by atoms with Crippen LogP contribution in [-0.2, 0) is 4.79 Å². The van der Waals surface area contributed by atoms with Crippen molar-refractivity contribution in [3.8, 4) is 11.5 Å². The van der Waals surface area contributed by atoms with Gasteiger partial charge in [0.2, 0.25) is 11.8 Å². The lowest BCUT2D eigenvalue weighted by Crippen LogP contribution is -2.30. The normalized spacial score (nSPS) is 10.7. The van der Waals surface area contributed by atoms with Crippen molar-refractivity contribution >= 4 is 58.3 Å². The number of benzene rings is 1. The summed E-state index contributed by atoms with van der Waals surface area (Å²) in [6, 6.07) is 8.64. The third-order valence-corrected chi connectivity index (χ3v) is 4.94. The number of carbonyl (C=O) groups excluding carboxylic acids is 1. The van der Waals surface area contributed by atoms with E-state index in [4.69, 9.17) is 39.2 Å². The number of hydrogen-bond acceptors (Lipinski definition) is 7. The van der Waals surface area contributed by atoms with Gasteiger partial charge in [-0.15, -0.1) is 10.2 Å². The van der Waals surface area contributed by atoms with Crippen LogP contribution in [-0.4, -0.2) is 39.9 Å². The molecule has 3 aromatic rings. The van der Waals surface area contributed by atoms with Gasteiger partial charge in [0, 0.05) is 29.9 Å². The van der Waals surface area contributed by atoms with Crippen molar-refractivity contribution in [1.29, 1.82) is 0 Å². The molecule has 11 heteroatoms. The summed E-state index contributed by atoms with van der Waals surface area (Å²) in [5.74, 6) is 0.877. The number of carbonyl (C=O) groups is 1. The molecule has 0 saturated heterocycles. The van der Waals surface area contributed by atoms with E-state index < -0.39 is 0 Å². The summed E-state index contributed by atoms with van der Waals surface area (Å²) in [6.07, 6.45) is 1.49. The number of thioether (sulfide) groups is 1. The summed E-state index contributed by atoms with van der Waals surface area (Å²) in [5.41, 5.74) is 0.758. The number of pyridine rings is 1. The molecule has 0 aliphatic heterocycles. The van der Waals surface area contributed by atoms with Gasteiger partial charge >= 0.3 is 0 Å². The van der Waals surface area contributed by atoms with E-state index in [9.17, 15) is 4.79 Å². The van der Waals surface area contributed by atoms with Crippen LogP contribution in [0.15, 0.2) is 46.2 Å². The first-order valence-electron chi connectivity index (χ1n) is 8.05. The van der Waals surface area contributed by atoms with Crippen LogP contribution in [0.25, 0.3) is 11.5 Å². The van der Waals surface area contributed by atoms with Gasteiger partial charge in [-0.05, 0) is 30.3 Å². The molecule has 2 aromatic heterocycles. The van der Waals surface area contributed by atoms with Crippen LogP contribution in [0, 0.1) is 0 Å². The molecule has 0 aliphatic carbocycles. The standard InChI is InChI=1S/C17H14Cl3N5O2S/c18-11-3-1-10(2-4-11)16-24-25-17(27-16)28-9-14(26)21-5-6-22-15-13(20)7-12(19)8-23-15/h1-4,7-8H,5-6,9H2,(H,21,26)(H,22,23). The molecule has 0 fully saturated rings. The minimum atomic E-state index is -0.159. The second kappa shape index (κ2) is 9.97. The van der Waals surface area contributed by atoms with Crippen LogP contribution in [0.3, 0.4) is 0 Å². The van der Waals surface area contributed by atoms with Crippen molar-refractivity contribution in [2.45, 2.75) is 5.22 Å². The largest absolute Gasteiger partial charge is 0.411 e. The Labute approximate surface area is 180 Å². The molecule has 1 aromatic carbocycles. The van der Waals surface area contributed by atoms with Gasteiger partial charge in [0.15, 0.2) is 0 Å². The van der Waals surface area contributed by atoms with Crippen LogP contribution in [0.5, 0.6) is 0 Å². The molecule has 0 saturated carbocycles. The molecule has 2 N–H and O–H groups in total. The van der Waals surface area contributed by atoms with Gasteiger partial charge in [0.25, 0.3) is 5.22 Å². The molecule has 1 amide bonds. The smallest absolute Gasteiger partial charge is 0.277 e. The number of amides is 1. The van der Waals surface area contributed by atoms with E-state index >= 15 is 0 Å². The molecule has 0 aliphatic rings. The summed E-state index contributed by atoms with van der Waals surface area (Å²) in [5, 5.41) is 15.5. The second-order valence-corrected chi connectivity index (χ2v) is 7.64. The molecule has 2 heterocycles. The summed E-state index contributed by atoms with van der Waals surface area (Å²) in [4.78, 5) is 16.0. The van der Waals surface area contributed by atoms with Gasteiger partial charge < -0.3 is 15.1 Å². The Balaban J connectivity index is 1.39. The first-order chi connectivity index (χ1) is 13.5. The Morgan fingerprint density at radius 3 is 2.61 bits per heavy atom. The van der Waals surface area contributed by atoms with E-state index in [1.54, 1.807) is 30.3 Å². The first kappa shape index (κ1) is 20.7. The summed E-state index contributed by atoms with van der Waals surface area (Å²) >= 11 is 18.8. The fraction of sp³-hybridized carbons (Fsp3) is 0.176. The molecule has 7 nitrogen and oxygen atoms in total. The van der Waals surface area contributed by atoms with Crippen molar-refractivity contribution in [1.82, 2.24) is 20.5 Å². The maximum atomic E-state index is 11.9. The maximum absolute atomic E-state index is 11.9. The molecular weight excluding hydrogens is 445 g/mol. The Bertz CT molecular complexity index is 952. The van der Waals surface area contributed by atoms with E-state index in [-0.39, 0.29) is 11.7 Å². The number of anilines is 1. The number of rotatable bonds is 8. The average Bonchev–Trinajstić information content (AvgIpc) is 3.14. The highest BCUT2D eigenvalue weighted by Crippen LogP contribution is 2.24. The number of hydrogen-bond donors (Lipinski definition) is 2. The molecule has 0 radical (unpaired) electrons. The molecule has 0 atom stereocenters. The molecule has 3 rings (SSSR count). The summed E-state index contributed by atoms with van der Waals surface area (Å²) in [6.45, 7) is 0.867. The van der Waals surface area contributed by atoms with Crippen molar-refractivity contribution in [2.75, 3.05) is 24.2 Å². The van der Waals surface area contributed by atoms with E-state index in [1.165, 1.54) is 6.20 Å². The third kappa shape index (κ3) is 6.00. The van der Waals surface area contributed by atoms with Gasteiger partial charge in [-0.2, -0.15) is 0 Å². The Morgan fingerprint density at radius 2 is 1.86 bits per heavy atom. The van der Waals surface area contributed by atoms with E-state index in [0.29, 0.717) is 45.1 Å². The number of halogens is 3. The zero-order chi connectivity index (χ0) is 19.9. The van der Waals surface area contributed by atoms with Crippen LogP contribution < -0.4 is 10.6 Å². The second-order valence-electron chi connectivity index (χ2n) is 5.43. The Morgan fingerprint density at radius 1 is 1.07 bits per heavy atom. The van der Waals surface area contributed by atoms with E-state index in [1.807, 2.05) is 0 Å². The highest BCUT2D eigenvalue weighted by Gasteiger charge is 2.11.